The highest BCUT2D eigenvalue weighted by atomic mass is 16.2. The van der Waals surface area contributed by atoms with Crippen molar-refractivity contribution < 1.29 is 9.59 Å². The third-order valence-electron chi connectivity index (χ3n) is 2.61. The molecule has 0 heterocycles. The minimum absolute atomic E-state index is 0.0653. The lowest BCUT2D eigenvalue weighted by Gasteiger charge is -2.09. The van der Waals surface area contributed by atoms with Crippen molar-refractivity contribution in [1.29, 1.82) is 0 Å². The number of rotatable bonds is 6. The molecule has 0 radical (unpaired) electrons. The smallest absolute Gasteiger partial charge is 0.251 e. The van der Waals surface area contributed by atoms with Crippen LogP contribution < -0.4 is 16.4 Å². The van der Waals surface area contributed by atoms with Gasteiger partial charge in [0, 0.05) is 30.3 Å². The summed E-state index contributed by atoms with van der Waals surface area (Å²) < 4.78 is 0. The van der Waals surface area contributed by atoms with Crippen LogP contribution in [-0.2, 0) is 4.79 Å². The van der Waals surface area contributed by atoms with Crippen molar-refractivity contribution in [2.75, 3.05) is 11.9 Å². The SMILES string of the molecule is CCC(=O)Nc1cccc(C(=O)NCCC(C)N)c1. The molecule has 1 rings (SSSR count). The van der Waals surface area contributed by atoms with E-state index in [4.69, 9.17) is 5.73 Å². The average Bonchev–Trinajstić information content (AvgIpc) is 2.38. The summed E-state index contributed by atoms with van der Waals surface area (Å²) in [5.74, 6) is -0.234. The quantitative estimate of drug-likeness (QED) is 0.727. The molecular formula is C14H21N3O2. The molecule has 1 atom stereocenters. The largest absolute Gasteiger partial charge is 0.352 e. The van der Waals surface area contributed by atoms with Gasteiger partial charge in [-0.25, -0.2) is 0 Å². The minimum atomic E-state index is -0.159. The van der Waals surface area contributed by atoms with Crippen molar-refractivity contribution in [3.05, 3.63) is 29.8 Å². The van der Waals surface area contributed by atoms with Gasteiger partial charge in [0.15, 0.2) is 0 Å². The summed E-state index contributed by atoms with van der Waals surface area (Å²) in [4.78, 5) is 23.2. The predicted octanol–water partition coefficient (Wildman–Crippen LogP) is 1.50. The number of nitrogens with one attached hydrogen (secondary N) is 2. The maximum Gasteiger partial charge on any atom is 0.251 e. The van der Waals surface area contributed by atoms with Gasteiger partial charge in [0.1, 0.15) is 0 Å². The highest BCUT2D eigenvalue weighted by molar-refractivity contribution is 5.97. The molecule has 0 aromatic heterocycles. The minimum Gasteiger partial charge on any atom is -0.352 e. The van der Waals surface area contributed by atoms with Gasteiger partial charge in [-0.15, -0.1) is 0 Å². The van der Waals surface area contributed by atoms with Crippen LogP contribution in [0.15, 0.2) is 24.3 Å². The standard InChI is InChI=1S/C14H21N3O2/c1-3-13(18)17-12-6-4-5-11(9-12)14(19)16-8-7-10(2)15/h4-6,9-10H,3,7-8,15H2,1-2H3,(H,16,19)(H,17,18). The molecular weight excluding hydrogens is 242 g/mol. The van der Waals surface area contributed by atoms with Gasteiger partial charge in [-0.1, -0.05) is 13.0 Å². The molecule has 1 aromatic carbocycles. The summed E-state index contributed by atoms with van der Waals surface area (Å²) in [6, 6.07) is 6.94. The van der Waals surface area contributed by atoms with E-state index in [-0.39, 0.29) is 17.9 Å². The lowest BCUT2D eigenvalue weighted by molar-refractivity contribution is -0.115. The Labute approximate surface area is 113 Å². The van der Waals surface area contributed by atoms with Crippen LogP contribution in [-0.4, -0.2) is 24.4 Å². The molecule has 0 spiro atoms. The van der Waals surface area contributed by atoms with Gasteiger partial charge in [0.2, 0.25) is 5.91 Å². The van der Waals surface area contributed by atoms with E-state index in [1.54, 1.807) is 31.2 Å². The molecule has 0 fully saturated rings. The van der Waals surface area contributed by atoms with Crippen molar-refractivity contribution in [3.63, 3.8) is 0 Å². The van der Waals surface area contributed by atoms with Crippen molar-refractivity contribution in [2.45, 2.75) is 32.7 Å². The fourth-order valence-electron chi connectivity index (χ4n) is 1.50. The monoisotopic (exact) mass is 263 g/mol. The van der Waals surface area contributed by atoms with E-state index in [9.17, 15) is 9.59 Å². The lowest BCUT2D eigenvalue weighted by atomic mass is 10.1. The number of amides is 2. The van der Waals surface area contributed by atoms with Crippen LogP contribution in [0.2, 0.25) is 0 Å². The van der Waals surface area contributed by atoms with Gasteiger partial charge < -0.3 is 16.4 Å². The molecule has 5 heteroatoms. The van der Waals surface area contributed by atoms with Crippen LogP contribution in [0.4, 0.5) is 5.69 Å². The highest BCUT2D eigenvalue weighted by Gasteiger charge is 2.07. The number of carbonyl (C=O) groups is 2. The first kappa shape index (κ1) is 15.2. The fraction of sp³-hybridized carbons (Fsp3) is 0.429. The van der Waals surface area contributed by atoms with Crippen LogP contribution in [0.5, 0.6) is 0 Å². The van der Waals surface area contributed by atoms with E-state index in [2.05, 4.69) is 10.6 Å². The number of hydrogen-bond acceptors (Lipinski definition) is 3. The van der Waals surface area contributed by atoms with Crippen molar-refractivity contribution in [2.24, 2.45) is 5.73 Å². The van der Waals surface area contributed by atoms with Gasteiger partial charge in [-0.05, 0) is 31.5 Å². The van der Waals surface area contributed by atoms with Gasteiger partial charge in [-0.3, -0.25) is 9.59 Å². The maximum absolute atomic E-state index is 11.9. The second-order valence-electron chi connectivity index (χ2n) is 4.50. The Balaban J connectivity index is 2.60. The van der Waals surface area contributed by atoms with Crippen molar-refractivity contribution in [3.8, 4) is 0 Å². The molecule has 0 aliphatic rings. The zero-order valence-corrected chi connectivity index (χ0v) is 11.4. The van der Waals surface area contributed by atoms with E-state index in [1.807, 2.05) is 6.92 Å². The first-order chi connectivity index (χ1) is 9.02. The Morgan fingerprint density at radius 2 is 2.11 bits per heavy atom. The Kier molecular flexibility index (Phi) is 6.02. The van der Waals surface area contributed by atoms with E-state index >= 15 is 0 Å². The number of hydrogen-bond donors (Lipinski definition) is 3. The van der Waals surface area contributed by atoms with Gasteiger partial charge in [0.25, 0.3) is 5.91 Å². The van der Waals surface area contributed by atoms with E-state index in [0.29, 0.717) is 24.2 Å². The predicted molar refractivity (Wildman–Crippen MR) is 76.0 cm³/mol. The first-order valence-corrected chi connectivity index (χ1v) is 6.46. The van der Waals surface area contributed by atoms with Crippen LogP contribution in [0.25, 0.3) is 0 Å². The van der Waals surface area contributed by atoms with E-state index in [1.165, 1.54) is 0 Å². The molecule has 5 nitrogen and oxygen atoms in total. The van der Waals surface area contributed by atoms with Crippen LogP contribution in [0, 0.1) is 0 Å². The lowest BCUT2D eigenvalue weighted by Crippen LogP contribution is -2.29. The molecule has 0 bridgehead atoms. The average molecular weight is 263 g/mol. The molecule has 0 saturated heterocycles. The van der Waals surface area contributed by atoms with Crippen LogP contribution >= 0.6 is 0 Å². The summed E-state index contributed by atoms with van der Waals surface area (Å²) >= 11 is 0. The fourth-order valence-corrected chi connectivity index (χ4v) is 1.50. The Morgan fingerprint density at radius 3 is 2.74 bits per heavy atom. The number of anilines is 1. The van der Waals surface area contributed by atoms with Crippen LogP contribution in [0.3, 0.4) is 0 Å². The Bertz CT molecular complexity index is 444. The Hall–Kier alpha value is -1.88. The summed E-state index contributed by atoms with van der Waals surface area (Å²) in [6.45, 7) is 4.22. The first-order valence-electron chi connectivity index (χ1n) is 6.46. The van der Waals surface area contributed by atoms with Crippen molar-refractivity contribution >= 4 is 17.5 Å². The number of carbonyl (C=O) groups excluding carboxylic acids is 2. The zero-order valence-electron chi connectivity index (χ0n) is 11.4. The second kappa shape index (κ2) is 7.53. The molecule has 104 valence electrons. The third-order valence-corrected chi connectivity index (χ3v) is 2.61. The third kappa shape index (κ3) is 5.52. The molecule has 1 aromatic rings. The second-order valence-corrected chi connectivity index (χ2v) is 4.50. The molecule has 4 N–H and O–H groups in total. The van der Waals surface area contributed by atoms with Crippen LogP contribution in [0.1, 0.15) is 37.0 Å². The molecule has 19 heavy (non-hydrogen) atoms. The van der Waals surface area contributed by atoms with Gasteiger partial charge >= 0.3 is 0 Å². The number of benzene rings is 1. The summed E-state index contributed by atoms with van der Waals surface area (Å²) in [7, 11) is 0. The summed E-state index contributed by atoms with van der Waals surface area (Å²) in [5.41, 5.74) is 6.77. The highest BCUT2D eigenvalue weighted by Crippen LogP contribution is 2.11. The Morgan fingerprint density at radius 1 is 1.37 bits per heavy atom. The van der Waals surface area contributed by atoms with E-state index < -0.39 is 0 Å². The van der Waals surface area contributed by atoms with Gasteiger partial charge in [-0.2, -0.15) is 0 Å². The molecule has 2 amide bonds. The topological polar surface area (TPSA) is 84.2 Å². The summed E-state index contributed by atoms with van der Waals surface area (Å²) in [5, 5.41) is 5.52. The van der Waals surface area contributed by atoms with Gasteiger partial charge in [0.05, 0.1) is 0 Å². The molecule has 0 aliphatic carbocycles. The van der Waals surface area contributed by atoms with E-state index in [0.717, 1.165) is 6.42 Å². The zero-order chi connectivity index (χ0) is 14.3. The summed E-state index contributed by atoms with van der Waals surface area (Å²) in [6.07, 6.45) is 1.14. The molecule has 1 unspecified atom stereocenters. The molecule has 0 saturated carbocycles. The molecule has 0 aliphatic heterocycles. The van der Waals surface area contributed by atoms with Crippen molar-refractivity contribution in [1.82, 2.24) is 5.32 Å². The normalized spacial score (nSPS) is 11.7. The number of nitrogens with two attached hydrogens (primary N) is 1. The maximum atomic E-state index is 11.9.